The van der Waals surface area contributed by atoms with E-state index in [1.165, 1.54) is 11.1 Å². The van der Waals surface area contributed by atoms with Crippen molar-refractivity contribution in [2.45, 2.75) is 26.7 Å². The first-order valence-electron chi connectivity index (χ1n) is 7.95. The molecule has 0 spiro atoms. The van der Waals surface area contributed by atoms with Crippen molar-refractivity contribution in [2.24, 2.45) is 0 Å². The van der Waals surface area contributed by atoms with E-state index in [-0.39, 0.29) is 0 Å². The summed E-state index contributed by atoms with van der Waals surface area (Å²) in [6.45, 7) is 7.95. The Labute approximate surface area is 139 Å². The van der Waals surface area contributed by atoms with Gasteiger partial charge >= 0.3 is 0 Å². The van der Waals surface area contributed by atoms with E-state index in [1.807, 2.05) is 26.0 Å². The number of hydrogen-bond donors (Lipinski definition) is 0. The van der Waals surface area contributed by atoms with Crippen LogP contribution in [0, 0.1) is 13.8 Å². The van der Waals surface area contributed by atoms with Gasteiger partial charge in [-0.2, -0.15) is 0 Å². The Morgan fingerprint density at radius 1 is 0.833 bits per heavy atom. The summed E-state index contributed by atoms with van der Waals surface area (Å²) in [4.78, 5) is 8.77. The van der Waals surface area contributed by atoms with E-state index in [4.69, 9.17) is 8.83 Å². The summed E-state index contributed by atoms with van der Waals surface area (Å²) in [5, 5.41) is 0. The second kappa shape index (κ2) is 5.64. The van der Waals surface area contributed by atoms with Gasteiger partial charge in [0.2, 0.25) is 0 Å². The van der Waals surface area contributed by atoms with E-state index in [2.05, 4.69) is 40.8 Å². The highest BCUT2D eigenvalue weighted by molar-refractivity contribution is 5.74. The van der Waals surface area contributed by atoms with Gasteiger partial charge in [-0.25, -0.2) is 9.97 Å². The second-order valence-electron chi connectivity index (χ2n) is 6.17. The molecule has 0 radical (unpaired) electrons. The molecule has 0 amide bonds. The third-order valence-electron chi connectivity index (χ3n) is 4.03. The van der Waals surface area contributed by atoms with Crippen LogP contribution in [0.3, 0.4) is 0 Å². The lowest BCUT2D eigenvalue weighted by Gasteiger charge is -2.06. The van der Waals surface area contributed by atoms with Crippen LogP contribution in [0.25, 0.3) is 22.2 Å². The van der Waals surface area contributed by atoms with E-state index < -0.39 is 0 Å². The lowest BCUT2D eigenvalue weighted by molar-refractivity contribution is 0.560. The molecule has 0 atom stereocenters. The zero-order chi connectivity index (χ0) is 16.7. The Kier molecular flexibility index (Phi) is 3.45. The van der Waals surface area contributed by atoms with E-state index in [0.717, 1.165) is 40.6 Å². The van der Waals surface area contributed by atoms with Crippen LogP contribution in [0.4, 0.5) is 0 Å². The molecule has 0 N–H and O–H groups in total. The number of fused-ring (bicyclic) bond motifs is 2. The molecule has 0 unspecified atom stereocenters. The largest absolute Gasteiger partial charge is 0.441 e. The molecule has 0 bridgehead atoms. The summed E-state index contributed by atoms with van der Waals surface area (Å²) in [6.07, 6.45) is 1.63. The number of nitrogens with zero attached hydrogens (tertiary/aromatic N) is 2. The van der Waals surface area contributed by atoms with E-state index in [9.17, 15) is 0 Å². The van der Waals surface area contributed by atoms with Crippen molar-refractivity contribution in [3.05, 3.63) is 71.5 Å². The van der Waals surface area contributed by atoms with Gasteiger partial charge in [-0.3, -0.25) is 0 Å². The maximum absolute atomic E-state index is 5.52. The topological polar surface area (TPSA) is 52.1 Å². The average Bonchev–Trinajstić information content (AvgIpc) is 3.06. The fourth-order valence-electron chi connectivity index (χ4n) is 3.04. The van der Waals surface area contributed by atoms with Crippen LogP contribution < -0.4 is 0 Å². The summed E-state index contributed by atoms with van der Waals surface area (Å²) >= 11 is 0. The van der Waals surface area contributed by atoms with Crippen LogP contribution in [0.15, 0.2) is 57.4 Å². The molecular formula is C20H18N2O2. The van der Waals surface area contributed by atoms with Crippen molar-refractivity contribution in [3.63, 3.8) is 0 Å². The smallest absolute Gasteiger partial charge is 0.192 e. The van der Waals surface area contributed by atoms with Crippen molar-refractivity contribution in [2.75, 3.05) is 0 Å². The maximum Gasteiger partial charge on any atom is 0.192 e. The molecule has 2 aromatic carbocycles. The number of aromatic nitrogens is 2. The lowest BCUT2D eigenvalue weighted by atomic mass is 9.99. The number of hydrogen-bond acceptors (Lipinski definition) is 4. The van der Waals surface area contributed by atoms with Crippen LogP contribution in [0.5, 0.6) is 0 Å². The highest BCUT2D eigenvalue weighted by atomic mass is 16.3. The molecular weight excluding hydrogens is 300 g/mol. The van der Waals surface area contributed by atoms with E-state index in [1.54, 1.807) is 0 Å². The number of allylic oxidation sites excluding steroid dienone is 1. The second-order valence-corrected chi connectivity index (χ2v) is 6.17. The van der Waals surface area contributed by atoms with Gasteiger partial charge in [0.1, 0.15) is 11.0 Å². The number of aryl methyl sites for hydroxylation is 2. The molecule has 2 heterocycles. The zero-order valence-corrected chi connectivity index (χ0v) is 13.8. The Bertz CT molecular complexity index is 972. The van der Waals surface area contributed by atoms with Gasteiger partial charge in [-0.1, -0.05) is 24.3 Å². The van der Waals surface area contributed by atoms with Crippen molar-refractivity contribution in [1.82, 2.24) is 9.97 Å². The predicted octanol–water partition coefficient (Wildman–Crippen LogP) is 4.93. The van der Waals surface area contributed by atoms with Crippen molar-refractivity contribution in [3.8, 4) is 0 Å². The van der Waals surface area contributed by atoms with Gasteiger partial charge in [0, 0.05) is 13.8 Å². The molecule has 0 aliphatic carbocycles. The van der Waals surface area contributed by atoms with E-state index >= 15 is 0 Å². The van der Waals surface area contributed by atoms with Crippen LogP contribution in [-0.2, 0) is 12.8 Å². The molecule has 0 aliphatic heterocycles. The first-order chi connectivity index (χ1) is 11.6. The van der Waals surface area contributed by atoms with Gasteiger partial charge in [0.25, 0.3) is 0 Å². The zero-order valence-electron chi connectivity index (χ0n) is 13.8. The summed E-state index contributed by atoms with van der Waals surface area (Å²) in [7, 11) is 0. The molecule has 0 saturated carbocycles. The Morgan fingerprint density at radius 3 is 1.75 bits per heavy atom. The number of rotatable bonds is 4. The van der Waals surface area contributed by atoms with Crippen molar-refractivity contribution < 1.29 is 8.83 Å². The van der Waals surface area contributed by atoms with Gasteiger partial charge in [-0.05, 0) is 48.2 Å². The minimum absolute atomic E-state index is 0.692. The molecule has 0 fully saturated rings. The maximum atomic E-state index is 5.52. The molecule has 0 saturated heterocycles. The van der Waals surface area contributed by atoms with Crippen LogP contribution in [-0.4, -0.2) is 9.97 Å². The summed E-state index contributed by atoms with van der Waals surface area (Å²) in [5.41, 5.74) is 6.99. The standard InChI is InChI=1S/C20H18N2O2/c1-12(8-15-4-6-19-17(10-15)21-13(2)23-19)9-16-5-7-20-18(11-16)22-14(3)24-20/h4-7,10-11H,1,8-9H2,2-3H3. The first-order valence-corrected chi connectivity index (χ1v) is 7.95. The van der Waals surface area contributed by atoms with E-state index in [0.29, 0.717) is 11.8 Å². The predicted molar refractivity (Wildman–Crippen MR) is 94.0 cm³/mol. The highest BCUT2D eigenvalue weighted by Crippen LogP contribution is 2.21. The lowest BCUT2D eigenvalue weighted by Crippen LogP contribution is -1.94. The fraction of sp³-hybridized carbons (Fsp3) is 0.200. The molecule has 0 aliphatic rings. The molecule has 120 valence electrons. The van der Waals surface area contributed by atoms with Gasteiger partial charge in [-0.15, -0.1) is 0 Å². The molecule has 4 rings (SSSR count). The molecule has 4 aromatic rings. The quantitative estimate of drug-likeness (QED) is 0.501. The first kappa shape index (κ1) is 14.7. The Hall–Kier alpha value is -2.88. The third kappa shape index (κ3) is 2.83. The minimum atomic E-state index is 0.692. The highest BCUT2D eigenvalue weighted by Gasteiger charge is 2.07. The molecule has 2 aromatic heterocycles. The molecule has 24 heavy (non-hydrogen) atoms. The SMILES string of the molecule is C=C(Cc1ccc2oc(C)nc2c1)Cc1ccc2oc(C)nc2c1. The van der Waals surface area contributed by atoms with Crippen molar-refractivity contribution >= 4 is 22.2 Å². The van der Waals surface area contributed by atoms with Gasteiger partial charge in [0.15, 0.2) is 22.9 Å². The summed E-state index contributed by atoms with van der Waals surface area (Å²) in [5.74, 6) is 1.38. The summed E-state index contributed by atoms with van der Waals surface area (Å²) < 4.78 is 11.0. The molecule has 4 heteroatoms. The van der Waals surface area contributed by atoms with Gasteiger partial charge in [0.05, 0.1) is 0 Å². The number of benzene rings is 2. The van der Waals surface area contributed by atoms with Crippen LogP contribution in [0.1, 0.15) is 22.9 Å². The number of oxazole rings is 2. The average molecular weight is 318 g/mol. The summed E-state index contributed by atoms with van der Waals surface area (Å²) in [6, 6.07) is 12.2. The Balaban J connectivity index is 1.51. The van der Waals surface area contributed by atoms with Gasteiger partial charge < -0.3 is 8.83 Å². The van der Waals surface area contributed by atoms with Crippen LogP contribution >= 0.6 is 0 Å². The van der Waals surface area contributed by atoms with Crippen LogP contribution in [0.2, 0.25) is 0 Å². The molecule has 4 nitrogen and oxygen atoms in total. The normalized spacial score (nSPS) is 11.4. The minimum Gasteiger partial charge on any atom is -0.441 e. The third-order valence-corrected chi connectivity index (χ3v) is 4.03. The fourth-order valence-corrected chi connectivity index (χ4v) is 3.04. The van der Waals surface area contributed by atoms with Crippen molar-refractivity contribution in [1.29, 1.82) is 0 Å². The monoisotopic (exact) mass is 318 g/mol. The Morgan fingerprint density at radius 2 is 1.29 bits per heavy atom.